The van der Waals surface area contributed by atoms with E-state index in [1.165, 1.54) is 0 Å². The number of hydrogen-bond acceptors (Lipinski definition) is 3. The number of nitrogens with zero attached hydrogens (tertiary/aromatic N) is 1. The number of ether oxygens (including phenoxy) is 1. The fourth-order valence-corrected chi connectivity index (χ4v) is 3.76. The van der Waals surface area contributed by atoms with Gasteiger partial charge in [-0.3, -0.25) is 4.79 Å². The molecule has 0 spiro atoms. The van der Waals surface area contributed by atoms with Crippen LogP contribution in [0.5, 0.6) is 0 Å². The topological polar surface area (TPSA) is 46.6 Å². The molecule has 1 heterocycles. The molecule has 1 atom stereocenters. The zero-order valence-electron chi connectivity index (χ0n) is 15.5. The summed E-state index contributed by atoms with van der Waals surface area (Å²) in [6.07, 6.45) is 5.72. The van der Waals surface area contributed by atoms with E-state index in [9.17, 15) is 9.59 Å². The number of hydrogen-bond donors (Lipinski definition) is 0. The van der Waals surface area contributed by atoms with Gasteiger partial charge in [-0.1, -0.05) is 13.8 Å². The number of carbonyl (C=O) groups excluding carboxylic acids is 2. The van der Waals surface area contributed by atoms with Crippen molar-refractivity contribution >= 4 is 11.9 Å². The molecule has 1 amide bonds. The first kappa shape index (κ1) is 18.3. The standard InChI is InChI=1S/C19H33NO3/c1-18(2,3)23-17(22)20-10-7-14(8-11-20)12-15-6-9-19(4,5)13-16(15)21/h14-15H,6-13H2,1-5H3. The molecule has 1 saturated carbocycles. The Balaban J connectivity index is 1.77. The van der Waals surface area contributed by atoms with Crippen LogP contribution in [0.3, 0.4) is 0 Å². The third-order valence-corrected chi connectivity index (χ3v) is 5.16. The predicted octanol–water partition coefficient (Wildman–Crippen LogP) is 4.42. The molecule has 1 aliphatic carbocycles. The van der Waals surface area contributed by atoms with Crippen molar-refractivity contribution in [3.63, 3.8) is 0 Å². The average Bonchev–Trinajstić information content (AvgIpc) is 2.40. The Morgan fingerprint density at radius 1 is 1.22 bits per heavy atom. The van der Waals surface area contributed by atoms with Crippen LogP contribution in [0.15, 0.2) is 0 Å². The molecule has 23 heavy (non-hydrogen) atoms. The minimum Gasteiger partial charge on any atom is -0.444 e. The summed E-state index contributed by atoms with van der Waals surface area (Å²) in [5, 5.41) is 0. The fraction of sp³-hybridized carbons (Fsp3) is 0.895. The predicted molar refractivity (Wildman–Crippen MR) is 91.3 cm³/mol. The molecule has 1 saturated heterocycles. The van der Waals surface area contributed by atoms with Gasteiger partial charge in [-0.25, -0.2) is 4.79 Å². The number of Topliss-reactive ketones (excluding diaryl/α,β-unsaturated/α-hetero) is 1. The second-order valence-electron chi connectivity index (χ2n) is 9.19. The second kappa shape index (κ2) is 6.82. The van der Waals surface area contributed by atoms with E-state index in [1.807, 2.05) is 25.7 Å². The molecule has 0 N–H and O–H groups in total. The molecule has 0 aromatic carbocycles. The molecule has 0 bridgehead atoms. The summed E-state index contributed by atoms with van der Waals surface area (Å²) in [7, 11) is 0. The molecular formula is C19H33NO3. The van der Waals surface area contributed by atoms with Crippen LogP contribution in [0.25, 0.3) is 0 Å². The smallest absolute Gasteiger partial charge is 0.410 e. The van der Waals surface area contributed by atoms with Crippen molar-refractivity contribution < 1.29 is 14.3 Å². The molecule has 1 aliphatic heterocycles. The molecule has 2 aliphatic rings. The first-order valence-corrected chi connectivity index (χ1v) is 9.06. The lowest BCUT2D eigenvalue weighted by Crippen LogP contribution is -2.42. The molecule has 2 fully saturated rings. The van der Waals surface area contributed by atoms with Crippen LogP contribution in [0.2, 0.25) is 0 Å². The van der Waals surface area contributed by atoms with Crippen LogP contribution in [-0.2, 0) is 9.53 Å². The molecule has 0 radical (unpaired) electrons. The molecule has 1 unspecified atom stereocenters. The molecule has 2 rings (SSSR count). The molecule has 0 aromatic rings. The molecule has 132 valence electrons. The highest BCUT2D eigenvalue weighted by atomic mass is 16.6. The second-order valence-corrected chi connectivity index (χ2v) is 9.19. The van der Waals surface area contributed by atoms with Crippen LogP contribution < -0.4 is 0 Å². The monoisotopic (exact) mass is 323 g/mol. The Morgan fingerprint density at radius 3 is 2.35 bits per heavy atom. The van der Waals surface area contributed by atoms with Crippen molar-refractivity contribution in [2.24, 2.45) is 17.3 Å². The number of ketones is 1. The van der Waals surface area contributed by atoms with E-state index in [2.05, 4.69) is 13.8 Å². The minimum atomic E-state index is -0.435. The van der Waals surface area contributed by atoms with Gasteiger partial charge >= 0.3 is 6.09 Å². The Labute approximate surface area is 140 Å². The van der Waals surface area contributed by atoms with E-state index in [0.717, 1.165) is 51.6 Å². The third-order valence-electron chi connectivity index (χ3n) is 5.16. The maximum atomic E-state index is 12.3. The summed E-state index contributed by atoms with van der Waals surface area (Å²) in [4.78, 5) is 26.2. The van der Waals surface area contributed by atoms with Crippen molar-refractivity contribution in [2.75, 3.05) is 13.1 Å². The van der Waals surface area contributed by atoms with Gasteiger partial charge in [0.15, 0.2) is 0 Å². The van der Waals surface area contributed by atoms with Gasteiger partial charge in [-0.2, -0.15) is 0 Å². The van der Waals surface area contributed by atoms with Crippen LogP contribution in [0.4, 0.5) is 4.79 Å². The summed E-state index contributed by atoms with van der Waals surface area (Å²) in [5.74, 6) is 1.28. The fourth-order valence-electron chi connectivity index (χ4n) is 3.76. The lowest BCUT2D eigenvalue weighted by Gasteiger charge is -2.37. The van der Waals surface area contributed by atoms with Crippen molar-refractivity contribution in [1.82, 2.24) is 4.90 Å². The minimum absolute atomic E-state index is 0.188. The van der Waals surface area contributed by atoms with Crippen molar-refractivity contribution in [2.45, 2.75) is 78.7 Å². The summed E-state index contributed by atoms with van der Waals surface area (Å²) in [6, 6.07) is 0. The number of likely N-dealkylation sites (tertiary alicyclic amines) is 1. The van der Waals surface area contributed by atoms with E-state index < -0.39 is 5.60 Å². The highest BCUT2D eigenvalue weighted by Gasteiger charge is 2.35. The van der Waals surface area contributed by atoms with Gasteiger partial charge < -0.3 is 9.64 Å². The van der Waals surface area contributed by atoms with Crippen LogP contribution in [0, 0.1) is 17.3 Å². The zero-order valence-corrected chi connectivity index (χ0v) is 15.5. The summed E-state index contributed by atoms with van der Waals surface area (Å²) in [5.41, 5.74) is -0.247. The normalized spacial score (nSPS) is 26.2. The van der Waals surface area contributed by atoms with Gasteiger partial charge in [-0.05, 0) is 64.2 Å². The summed E-state index contributed by atoms with van der Waals surface area (Å²) < 4.78 is 5.44. The molecule has 0 aromatic heterocycles. The van der Waals surface area contributed by atoms with Gasteiger partial charge in [0.05, 0.1) is 0 Å². The number of piperidine rings is 1. The summed E-state index contributed by atoms with van der Waals surface area (Å²) >= 11 is 0. The highest BCUT2D eigenvalue weighted by molar-refractivity contribution is 5.82. The van der Waals surface area contributed by atoms with Crippen molar-refractivity contribution in [3.8, 4) is 0 Å². The van der Waals surface area contributed by atoms with Crippen LogP contribution in [-0.4, -0.2) is 35.5 Å². The average molecular weight is 323 g/mol. The van der Waals surface area contributed by atoms with Crippen LogP contribution >= 0.6 is 0 Å². The Hall–Kier alpha value is -1.06. The number of carbonyl (C=O) groups is 2. The molecular weight excluding hydrogens is 290 g/mol. The maximum Gasteiger partial charge on any atom is 0.410 e. The SMILES string of the molecule is CC1(C)CCC(CC2CCN(C(=O)OC(C)(C)C)CC2)C(=O)C1. The van der Waals surface area contributed by atoms with Gasteiger partial charge in [0, 0.05) is 25.4 Å². The zero-order chi connectivity index (χ0) is 17.3. The van der Waals surface area contributed by atoms with E-state index in [4.69, 9.17) is 4.74 Å². The summed E-state index contributed by atoms with van der Waals surface area (Å²) in [6.45, 7) is 11.6. The Kier molecular flexibility index (Phi) is 5.42. The van der Waals surface area contributed by atoms with E-state index in [1.54, 1.807) is 0 Å². The van der Waals surface area contributed by atoms with Gasteiger partial charge in [-0.15, -0.1) is 0 Å². The van der Waals surface area contributed by atoms with E-state index in [0.29, 0.717) is 11.7 Å². The molecule has 4 heteroatoms. The maximum absolute atomic E-state index is 12.3. The van der Waals surface area contributed by atoms with E-state index in [-0.39, 0.29) is 17.4 Å². The Bertz CT molecular complexity index is 442. The van der Waals surface area contributed by atoms with Crippen LogP contribution in [0.1, 0.15) is 73.1 Å². The Morgan fingerprint density at radius 2 is 1.83 bits per heavy atom. The third kappa shape index (κ3) is 5.50. The number of rotatable bonds is 2. The van der Waals surface area contributed by atoms with Crippen molar-refractivity contribution in [3.05, 3.63) is 0 Å². The first-order chi connectivity index (χ1) is 10.6. The van der Waals surface area contributed by atoms with Gasteiger partial charge in [0.2, 0.25) is 0 Å². The molecule has 4 nitrogen and oxygen atoms in total. The first-order valence-electron chi connectivity index (χ1n) is 9.06. The van der Waals surface area contributed by atoms with Gasteiger partial charge in [0.1, 0.15) is 11.4 Å². The quantitative estimate of drug-likeness (QED) is 0.756. The van der Waals surface area contributed by atoms with Crippen molar-refractivity contribution in [1.29, 1.82) is 0 Å². The van der Waals surface area contributed by atoms with E-state index >= 15 is 0 Å². The number of amides is 1. The van der Waals surface area contributed by atoms with Gasteiger partial charge in [0.25, 0.3) is 0 Å². The largest absolute Gasteiger partial charge is 0.444 e. The lowest BCUT2D eigenvalue weighted by atomic mass is 9.69. The highest BCUT2D eigenvalue weighted by Crippen LogP contribution is 2.39. The lowest BCUT2D eigenvalue weighted by molar-refractivity contribution is -0.128.